The molecule has 0 bridgehead atoms. The van der Waals surface area contributed by atoms with Crippen molar-refractivity contribution in [3.05, 3.63) is 82.6 Å². The number of aromatic nitrogens is 2. The highest BCUT2D eigenvalue weighted by atomic mass is 35.5. The number of ether oxygens (including phenoxy) is 1. The van der Waals surface area contributed by atoms with Crippen molar-refractivity contribution in [3.63, 3.8) is 0 Å². The van der Waals surface area contributed by atoms with Crippen LogP contribution in [-0.4, -0.2) is 28.8 Å². The summed E-state index contributed by atoms with van der Waals surface area (Å²) in [5, 5.41) is 7.69. The Morgan fingerprint density at radius 3 is 2.38 bits per heavy atom. The first-order chi connectivity index (χ1) is 12.5. The molecule has 0 aliphatic carbocycles. The quantitative estimate of drug-likeness (QED) is 0.697. The molecule has 1 aromatic heterocycles. The largest absolute Gasteiger partial charge is 0.465 e. The Balaban J connectivity index is 1.63. The summed E-state index contributed by atoms with van der Waals surface area (Å²) in [5.74, 6) is -0.729. The minimum Gasteiger partial charge on any atom is -0.465 e. The number of hydrogen-bond acceptors (Lipinski definition) is 4. The van der Waals surface area contributed by atoms with Crippen molar-refractivity contribution in [2.24, 2.45) is 0 Å². The summed E-state index contributed by atoms with van der Waals surface area (Å²) in [4.78, 5) is 23.7. The van der Waals surface area contributed by atoms with Crippen molar-refractivity contribution in [3.8, 4) is 0 Å². The van der Waals surface area contributed by atoms with Gasteiger partial charge in [-0.3, -0.25) is 9.48 Å². The second kappa shape index (κ2) is 7.84. The molecular weight excluding hydrogens is 354 g/mol. The van der Waals surface area contributed by atoms with Crippen LogP contribution in [0.4, 0.5) is 5.69 Å². The number of rotatable bonds is 5. The monoisotopic (exact) mass is 369 g/mol. The smallest absolute Gasteiger partial charge is 0.337 e. The minimum atomic E-state index is -0.444. The van der Waals surface area contributed by atoms with E-state index in [1.54, 1.807) is 41.3 Å². The molecule has 0 unspecified atom stereocenters. The summed E-state index contributed by atoms with van der Waals surface area (Å²) >= 11 is 5.87. The summed E-state index contributed by atoms with van der Waals surface area (Å²) in [7, 11) is 1.31. The Kier molecular flexibility index (Phi) is 5.34. The third-order valence-electron chi connectivity index (χ3n) is 3.72. The van der Waals surface area contributed by atoms with Crippen LogP contribution in [0.1, 0.15) is 26.3 Å². The third-order valence-corrected chi connectivity index (χ3v) is 3.97. The van der Waals surface area contributed by atoms with E-state index in [0.717, 1.165) is 5.56 Å². The lowest BCUT2D eigenvalue weighted by atomic mass is 10.1. The number of amides is 1. The number of nitrogens with one attached hydrogen (secondary N) is 1. The van der Waals surface area contributed by atoms with Crippen LogP contribution >= 0.6 is 11.6 Å². The molecule has 1 amide bonds. The van der Waals surface area contributed by atoms with Crippen molar-refractivity contribution in [2.75, 3.05) is 12.4 Å². The minimum absolute atomic E-state index is 0.285. The number of anilines is 1. The van der Waals surface area contributed by atoms with E-state index >= 15 is 0 Å². The lowest BCUT2D eigenvalue weighted by Crippen LogP contribution is -2.12. The van der Waals surface area contributed by atoms with E-state index in [1.807, 2.05) is 24.3 Å². The van der Waals surface area contributed by atoms with Gasteiger partial charge in [0, 0.05) is 16.8 Å². The fourth-order valence-electron chi connectivity index (χ4n) is 2.37. The maximum Gasteiger partial charge on any atom is 0.337 e. The van der Waals surface area contributed by atoms with Crippen LogP contribution in [0.2, 0.25) is 5.02 Å². The van der Waals surface area contributed by atoms with Gasteiger partial charge in [-0.2, -0.15) is 5.10 Å². The SMILES string of the molecule is COC(=O)c1ccc(C(=O)Nc2cnn(Cc3ccc(Cl)cc3)c2)cc1. The van der Waals surface area contributed by atoms with Crippen LogP contribution < -0.4 is 5.32 Å². The van der Waals surface area contributed by atoms with Gasteiger partial charge in [0.2, 0.25) is 0 Å². The molecule has 0 atom stereocenters. The van der Waals surface area contributed by atoms with Gasteiger partial charge in [-0.25, -0.2) is 4.79 Å². The first kappa shape index (κ1) is 17.7. The number of methoxy groups -OCH3 is 1. The Morgan fingerprint density at radius 2 is 1.73 bits per heavy atom. The molecule has 0 aliphatic rings. The molecule has 0 spiro atoms. The van der Waals surface area contributed by atoms with E-state index in [2.05, 4.69) is 15.2 Å². The molecule has 6 nitrogen and oxygen atoms in total. The molecule has 132 valence electrons. The summed E-state index contributed by atoms with van der Waals surface area (Å²) < 4.78 is 6.35. The Hall–Kier alpha value is -3.12. The first-order valence-electron chi connectivity index (χ1n) is 7.82. The van der Waals surface area contributed by atoms with Gasteiger partial charge in [-0.1, -0.05) is 23.7 Å². The topological polar surface area (TPSA) is 73.2 Å². The molecule has 2 aromatic carbocycles. The number of benzene rings is 2. The summed E-state index contributed by atoms with van der Waals surface area (Å²) in [5.41, 5.74) is 2.46. The molecule has 3 aromatic rings. The van der Waals surface area contributed by atoms with E-state index in [1.165, 1.54) is 7.11 Å². The highest BCUT2D eigenvalue weighted by Crippen LogP contribution is 2.13. The van der Waals surface area contributed by atoms with Gasteiger partial charge in [-0.15, -0.1) is 0 Å². The molecule has 3 rings (SSSR count). The lowest BCUT2D eigenvalue weighted by molar-refractivity contribution is 0.0600. The fraction of sp³-hybridized carbons (Fsp3) is 0.105. The molecule has 1 heterocycles. The van der Waals surface area contributed by atoms with Crippen LogP contribution in [0.25, 0.3) is 0 Å². The van der Waals surface area contributed by atoms with Gasteiger partial charge in [0.25, 0.3) is 5.91 Å². The van der Waals surface area contributed by atoms with E-state index < -0.39 is 5.97 Å². The van der Waals surface area contributed by atoms with E-state index in [4.69, 9.17) is 11.6 Å². The maximum absolute atomic E-state index is 12.3. The van der Waals surface area contributed by atoms with Crippen LogP contribution in [0.5, 0.6) is 0 Å². The highest BCUT2D eigenvalue weighted by molar-refractivity contribution is 6.30. The average molecular weight is 370 g/mol. The van der Waals surface area contributed by atoms with Gasteiger partial charge < -0.3 is 10.1 Å². The van der Waals surface area contributed by atoms with Gasteiger partial charge in [0.05, 0.1) is 31.1 Å². The fourth-order valence-corrected chi connectivity index (χ4v) is 2.50. The number of esters is 1. The molecule has 1 N–H and O–H groups in total. The number of carbonyl (C=O) groups excluding carboxylic acids is 2. The van der Waals surface area contributed by atoms with Gasteiger partial charge >= 0.3 is 5.97 Å². The first-order valence-corrected chi connectivity index (χ1v) is 8.19. The third kappa shape index (κ3) is 4.29. The maximum atomic E-state index is 12.3. The molecular formula is C19H16ClN3O3. The van der Waals surface area contributed by atoms with Crippen molar-refractivity contribution in [2.45, 2.75) is 6.54 Å². The predicted molar refractivity (Wildman–Crippen MR) is 98.5 cm³/mol. The Morgan fingerprint density at radius 1 is 1.08 bits per heavy atom. The zero-order valence-electron chi connectivity index (χ0n) is 14.0. The second-order valence-electron chi connectivity index (χ2n) is 5.58. The summed E-state index contributed by atoms with van der Waals surface area (Å²) in [6, 6.07) is 13.7. The molecule has 0 fully saturated rings. The molecule has 0 aliphatic heterocycles. The van der Waals surface area contributed by atoms with E-state index in [9.17, 15) is 9.59 Å². The molecule has 7 heteroatoms. The highest BCUT2D eigenvalue weighted by Gasteiger charge is 2.10. The standard InChI is InChI=1S/C19H16ClN3O3/c1-26-19(25)15-6-4-14(5-7-15)18(24)22-17-10-21-23(12-17)11-13-2-8-16(20)9-3-13/h2-10,12H,11H2,1H3,(H,22,24). The molecule has 0 saturated carbocycles. The zero-order valence-corrected chi connectivity index (χ0v) is 14.7. The lowest BCUT2D eigenvalue weighted by Gasteiger charge is -2.04. The molecule has 0 saturated heterocycles. The number of nitrogens with zero attached hydrogens (tertiary/aromatic N) is 2. The predicted octanol–water partition coefficient (Wildman–Crippen LogP) is 3.62. The molecule has 26 heavy (non-hydrogen) atoms. The second-order valence-corrected chi connectivity index (χ2v) is 6.01. The summed E-state index contributed by atoms with van der Waals surface area (Å²) in [6.45, 7) is 0.570. The number of carbonyl (C=O) groups is 2. The molecule has 0 radical (unpaired) electrons. The average Bonchev–Trinajstić information content (AvgIpc) is 3.10. The van der Waals surface area contributed by atoms with E-state index in [-0.39, 0.29) is 5.91 Å². The normalized spacial score (nSPS) is 10.4. The van der Waals surface area contributed by atoms with Crippen molar-refractivity contribution < 1.29 is 14.3 Å². The Labute approximate surface area is 155 Å². The van der Waals surface area contributed by atoms with Gasteiger partial charge in [0.15, 0.2) is 0 Å². The Bertz CT molecular complexity index is 918. The van der Waals surface area contributed by atoms with Crippen LogP contribution in [0.15, 0.2) is 60.9 Å². The van der Waals surface area contributed by atoms with Gasteiger partial charge in [-0.05, 0) is 42.0 Å². The van der Waals surface area contributed by atoms with Gasteiger partial charge in [0.1, 0.15) is 0 Å². The number of halogens is 1. The van der Waals surface area contributed by atoms with Crippen LogP contribution in [0, 0.1) is 0 Å². The van der Waals surface area contributed by atoms with Crippen molar-refractivity contribution in [1.29, 1.82) is 0 Å². The zero-order chi connectivity index (χ0) is 18.5. The van der Waals surface area contributed by atoms with Crippen LogP contribution in [-0.2, 0) is 11.3 Å². The number of hydrogen-bond donors (Lipinski definition) is 1. The van der Waals surface area contributed by atoms with E-state index in [0.29, 0.717) is 28.4 Å². The van der Waals surface area contributed by atoms with Crippen LogP contribution in [0.3, 0.4) is 0 Å². The van der Waals surface area contributed by atoms with Crippen molar-refractivity contribution in [1.82, 2.24) is 9.78 Å². The summed E-state index contributed by atoms with van der Waals surface area (Å²) in [6.07, 6.45) is 3.33. The van der Waals surface area contributed by atoms with Crippen molar-refractivity contribution >= 4 is 29.2 Å².